The number of hydrogen-bond acceptors (Lipinski definition) is 5. The number of carbonyl (C=O) groups is 3. The van der Waals surface area contributed by atoms with Gasteiger partial charge in [-0.1, -0.05) is 6.07 Å². The molecule has 3 N–H and O–H groups in total. The van der Waals surface area contributed by atoms with Crippen molar-refractivity contribution in [2.45, 2.75) is 19.9 Å². The van der Waals surface area contributed by atoms with Gasteiger partial charge in [0.1, 0.15) is 11.8 Å². The van der Waals surface area contributed by atoms with Crippen LogP contribution in [0, 0.1) is 0 Å². The maximum absolute atomic E-state index is 12.4. The zero-order valence-corrected chi connectivity index (χ0v) is 14.9. The molecule has 0 aliphatic rings. The van der Waals surface area contributed by atoms with E-state index in [-0.39, 0.29) is 11.8 Å². The Labute approximate surface area is 149 Å². The number of anilines is 2. The van der Waals surface area contributed by atoms with E-state index in [1.165, 1.54) is 25.4 Å². The zero-order chi connectivity index (χ0) is 18.4. The largest absolute Gasteiger partial charge is 0.495 e. The summed E-state index contributed by atoms with van der Waals surface area (Å²) in [7, 11) is 1.48. The second kappa shape index (κ2) is 8.29. The van der Waals surface area contributed by atoms with E-state index in [0.29, 0.717) is 22.0 Å². The van der Waals surface area contributed by atoms with Crippen LogP contribution in [0.25, 0.3) is 0 Å². The molecule has 3 amide bonds. The highest BCUT2D eigenvalue weighted by molar-refractivity contribution is 7.12. The Bertz CT molecular complexity index is 774. The molecule has 132 valence electrons. The normalized spacial score (nSPS) is 11.3. The Hall–Kier alpha value is -2.87. The van der Waals surface area contributed by atoms with Crippen LogP contribution in [-0.4, -0.2) is 30.9 Å². The van der Waals surface area contributed by atoms with Crippen LogP contribution in [0.1, 0.15) is 23.5 Å². The van der Waals surface area contributed by atoms with E-state index in [2.05, 4.69) is 16.0 Å². The third-order valence-corrected chi connectivity index (χ3v) is 4.13. The molecule has 1 heterocycles. The average Bonchev–Trinajstić information content (AvgIpc) is 3.09. The number of hydrogen-bond donors (Lipinski definition) is 3. The van der Waals surface area contributed by atoms with Crippen molar-refractivity contribution in [3.05, 3.63) is 40.6 Å². The number of thiophene rings is 1. The van der Waals surface area contributed by atoms with Gasteiger partial charge in [-0.05, 0) is 36.6 Å². The Balaban J connectivity index is 2.07. The Morgan fingerprint density at radius 2 is 1.92 bits per heavy atom. The molecule has 0 saturated heterocycles. The molecule has 7 nitrogen and oxygen atoms in total. The van der Waals surface area contributed by atoms with Gasteiger partial charge in [0, 0.05) is 12.6 Å². The Morgan fingerprint density at radius 1 is 1.16 bits per heavy atom. The van der Waals surface area contributed by atoms with Crippen molar-refractivity contribution in [3.63, 3.8) is 0 Å². The van der Waals surface area contributed by atoms with Gasteiger partial charge in [0.2, 0.25) is 11.8 Å². The highest BCUT2D eigenvalue weighted by atomic mass is 32.1. The Kier molecular flexibility index (Phi) is 6.13. The first kappa shape index (κ1) is 18.5. The summed E-state index contributed by atoms with van der Waals surface area (Å²) in [4.78, 5) is 36.1. The summed E-state index contributed by atoms with van der Waals surface area (Å²) in [6.45, 7) is 2.98. The molecule has 0 aliphatic carbocycles. The summed E-state index contributed by atoms with van der Waals surface area (Å²) in [6.07, 6.45) is 0. The van der Waals surface area contributed by atoms with Crippen molar-refractivity contribution in [3.8, 4) is 5.75 Å². The Morgan fingerprint density at radius 3 is 2.52 bits per heavy atom. The number of amides is 3. The molecule has 25 heavy (non-hydrogen) atoms. The van der Waals surface area contributed by atoms with Crippen LogP contribution in [0.3, 0.4) is 0 Å². The second-order valence-electron chi connectivity index (χ2n) is 5.26. The fourth-order valence-electron chi connectivity index (χ4n) is 2.07. The van der Waals surface area contributed by atoms with Gasteiger partial charge in [-0.2, -0.15) is 0 Å². The maximum atomic E-state index is 12.4. The highest BCUT2D eigenvalue weighted by Gasteiger charge is 2.18. The van der Waals surface area contributed by atoms with Crippen molar-refractivity contribution in [1.82, 2.24) is 5.32 Å². The minimum atomic E-state index is -0.747. The molecule has 8 heteroatoms. The van der Waals surface area contributed by atoms with Gasteiger partial charge >= 0.3 is 0 Å². The van der Waals surface area contributed by atoms with E-state index in [1.807, 2.05) is 0 Å². The molecule has 1 aromatic heterocycles. The highest BCUT2D eigenvalue weighted by Crippen LogP contribution is 2.28. The molecular weight excluding hydrogens is 342 g/mol. The third-order valence-electron chi connectivity index (χ3n) is 3.26. The van der Waals surface area contributed by atoms with Crippen molar-refractivity contribution in [1.29, 1.82) is 0 Å². The smallest absolute Gasteiger partial charge is 0.261 e. The van der Waals surface area contributed by atoms with Crippen molar-refractivity contribution in [2.75, 3.05) is 17.7 Å². The second-order valence-corrected chi connectivity index (χ2v) is 6.21. The van der Waals surface area contributed by atoms with Crippen LogP contribution in [-0.2, 0) is 9.59 Å². The summed E-state index contributed by atoms with van der Waals surface area (Å²) in [5.74, 6) is -0.488. The molecule has 2 rings (SSSR count). The van der Waals surface area contributed by atoms with E-state index in [1.54, 1.807) is 42.6 Å². The number of ether oxygens (including phenoxy) is 1. The van der Waals surface area contributed by atoms with Gasteiger partial charge in [-0.3, -0.25) is 14.4 Å². The SMILES string of the molecule is COc1ccc(NC(C)=O)cc1NC(=O)C(C)NC(=O)c1cccs1. The van der Waals surface area contributed by atoms with Gasteiger partial charge in [0.25, 0.3) is 5.91 Å². The molecule has 1 atom stereocenters. The lowest BCUT2D eigenvalue weighted by atomic mass is 10.2. The van der Waals surface area contributed by atoms with E-state index in [0.717, 1.165) is 0 Å². The first-order valence-corrected chi connectivity index (χ1v) is 8.39. The molecule has 0 spiro atoms. The van der Waals surface area contributed by atoms with Crippen LogP contribution in [0.2, 0.25) is 0 Å². The fraction of sp³-hybridized carbons (Fsp3) is 0.235. The van der Waals surface area contributed by atoms with E-state index in [4.69, 9.17) is 4.74 Å². The van der Waals surface area contributed by atoms with Crippen molar-refractivity contribution in [2.24, 2.45) is 0 Å². The molecule has 1 unspecified atom stereocenters. The summed E-state index contributed by atoms with van der Waals surface area (Å²) >= 11 is 1.30. The van der Waals surface area contributed by atoms with Crippen LogP contribution in [0.4, 0.5) is 11.4 Å². The molecule has 0 saturated carbocycles. The van der Waals surface area contributed by atoms with Gasteiger partial charge in [0.15, 0.2) is 0 Å². The molecule has 1 aromatic carbocycles. The minimum Gasteiger partial charge on any atom is -0.495 e. The van der Waals surface area contributed by atoms with Gasteiger partial charge in [-0.25, -0.2) is 0 Å². The van der Waals surface area contributed by atoms with E-state index in [9.17, 15) is 14.4 Å². The summed E-state index contributed by atoms with van der Waals surface area (Å²) in [5.41, 5.74) is 0.926. The number of carbonyl (C=O) groups excluding carboxylic acids is 3. The first-order valence-electron chi connectivity index (χ1n) is 7.51. The van der Waals surface area contributed by atoms with Crippen LogP contribution in [0.5, 0.6) is 5.75 Å². The predicted octanol–water partition coefficient (Wildman–Crippen LogP) is 2.47. The molecule has 0 fully saturated rings. The van der Waals surface area contributed by atoms with Crippen LogP contribution < -0.4 is 20.7 Å². The fourth-order valence-corrected chi connectivity index (χ4v) is 2.70. The molecule has 0 bridgehead atoms. The topological polar surface area (TPSA) is 96.5 Å². The number of methoxy groups -OCH3 is 1. The predicted molar refractivity (Wildman–Crippen MR) is 97.2 cm³/mol. The summed E-state index contributed by atoms with van der Waals surface area (Å²) in [5, 5.41) is 9.76. The average molecular weight is 361 g/mol. The molecule has 0 aliphatic heterocycles. The van der Waals surface area contributed by atoms with Gasteiger partial charge in [0.05, 0.1) is 17.7 Å². The van der Waals surface area contributed by atoms with Gasteiger partial charge in [-0.15, -0.1) is 11.3 Å². The lowest BCUT2D eigenvalue weighted by Crippen LogP contribution is -2.41. The van der Waals surface area contributed by atoms with Crippen LogP contribution >= 0.6 is 11.3 Å². The molecule has 2 aromatic rings. The lowest BCUT2D eigenvalue weighted by Gasteiger charge is -2.16. The first-order chi connectivity index (χ1) is 11.9. The monoisotopic (exact) mass is 361 g/mol. The van der Waals surface area contributed by atoms with E-state index >= 15 is 0 Å². The maximum Gasteiger partial charge on any atom is 0.261 e. The molecule has 0 radical (unpaired) electrons. The van der Waals surface area contributed by atoms with E-state index < -0.39 is 11.9 Å². The van der Waals surface area contributed by atoms with Crippen molar-refractivity contribution < 1.29 is 19.1 Å². The molecular formula is C17H19N3O4S. The van der Waals surface area contributed by atoms with Gasteiger partial charge < -0.3 is 20.7 Å². The number of rotatable bonds is 6. The van der Waals surface area contributed by atoms with Crippen molar-refractivity contribution >= 4 is 40.4 Å². The quantitative estimate of drug-likeness (QED) is 0.736. The third kappa shape index (κ3) is 5.05. The lowest BCUT2D eigenvalue weighted by molar-refractivity contribution is -0.117. The number of benzene rings is 1. The standard InChI is InChI=1S/C17H19N3O4S/c1-10(18-17(23)15-5-4-8-25-15)16(22)20-13-9-12(19-11(2)21)6-7-14(13)24-3/h4-10H,1-3H3,(H,18,23)(H,19,21)(H,20,22). The summed E-state index contributed by atoms with van der Waals surface area (Å²) < 4.78 is 5.21. The summed E-state index contributed by atoms with van der Waals surface area (Å²) in [6, 6.07) is 7.59. The van der Waals surface area contributed by atoms with Crippen LogP contribution in [0.15, 0.2) is 35.7 Å². The zero-order valence-electron chi connectivity index (χ0n) is 14.1. The number of nitrogens with one attached hydrogen (secondary N) is 3. The minimum absolute atomic E-state index is 0.223.